The SMILES string of the molecule is CCCCC(C#CC(CC)OC(=O)C(OC)(c1ccccc1)C(F)(F)F)OC(=O)C(OC)(c1ccccc1)C(F)(F)F. The van der Waals surface area contributed by atoms with Crippen LogP contribution >= 0.6 is 0 Å². The summed E-state index contributed by atoms with van der Waals surface area (Å²) in [5, 5.41) is 0. The third kappa shape index (κ3) is 7.25. The minimum absolute atomic E-state index is 0.000632. The fraction of sp³-hybridized carbons (Fsp3) is 0.467. The molecule has 4 unspecified atom stereocenters. The number of ether oxygens (including phenoxy) is 4. The Bertz CT molecular complexity index is 1220. The van der Waals surface area contributed by atoms with Gasteiger partial charge in [-0.05, 0) is 19.3 Å². The van der Waals surface area contributed by atoms with Crippen molar-refractivity contribution in [3.05, 3.63) is 71.8 Å². The molecular weight excluding hydrogens is 570 g/mol. The highest BCUT2D eigenvalue weighted by Crippen LogP contribution is 2.44. The quantitative estimate of drug-likeness (QED) is 0.155. The number of rotatable bonds is 12. The zero-order valence-corrected chi connectivity index (χ0v) is 23.5. The summed E-state index contributed by atoms with van der Waals surface area (Å²) in [6.07, 6.45) is -12.4. The van der Waals surface area contributed by atoms with Gasteiger partial charge in [0.05, 0.1) is 0 Å². The summed E-state index contributed by atoms with van der Waals surface area (Å²) in [6, 6.07) is 12.3. The van der Waals surface area contributed by atoms with Crippen LogP contribution in [0.15, 0.2) is 60.7 Å². The van der Waals surface area contributed by atoms with Crippen molar-refractivity contribution in [3.63, 3.8) is 0 Å². The van der Waals surface area contributed by atoms with Gasteiger partial charge >= 0.3 is 24.3 Å². The van der Waals surface area contributed by atoms with Gasteiger partial charge in [0.1, 0.15) is 0 Å². The van der Waals surface area contributed by atoms with E-state index in [4.69, 9.17) is 18.9 Å². The number of carbonyl (C=O) groups is 2. The Morgan fingerprint density at radius 1 is 0.690 bits per heavy atom. The molecule has 4 atom stereocenters. The average Bonchev–Trinajstić information content (AvgIpc) is 2.94. The van der Waals surface area contributed by atoms with Crippen molar-refractivity contribution in [2.24, 2.45) is 0 Å². The smallest absolute Gasteiger partial charge is 0.432 e. The van der Waals surface area contributed by atoms with Gasteiger partial charge in [-0.1, -0.05) is 92.8 Å². The van der Waals surface area contributed by atoms with Gasteiger partial charge < -0.3 is 18.9 Å². The first-order valence-corrected chi connectivity index (χ1v) is 13.0. The van der Waals surface area contributed by atoms with Crippen LogP contribution in [0.4, 0.5) is 26.3 Å². The summed E-state index contributed by atoms with van der Waals surface area (Å²) in [4.78, 5) is 26.1. The molecule has 0 amide bonds. The van der Waals surface area contributed by atoms with E-state index in [-0.39, 0.29) is 12.8 Å². The van der Waals surface area contributed by atoms with Gasteiger partial charge in [-0.3, -0.25) is 0 Å². The molecule has 0 fully saturated rings. The van der Waals surface area contributed by atoms with Gasteiger partial charge in [0.15, 0.2) is 12.2 Å². The molecule has 2 rings (SSSR count). The second-order valence-corrected chi connectivity index (χ2v) is 9.13. The number of halogens is 6. The number of carbonyl (C=O) groups excluding carboxylic acids is 2. The molecule has 0 heterocycles. The first-order valence-electron chi connectivity index (χ1n) is 13.0. The number of hydrogen-bond donors (Lipinski definition) is 0. The van der Waals surface area contributed by atoms with E-state index >= 15 is 0 Å². The van der Waals surface area contributed by atoms with Gasteiger partial charge in [0.2, 0.25) is 0 Å². The van der Waals surface area contributed by atoms with Gasteiger partial charge in [-0.15, -0.1) is 0 Å². The lowest BCUT2D eigenvalue weighted by atomic mass is 9.92. The molecule has 0 saturated carbocycles. The highest BCUT2D eigenvalue weighted by molar-refractivity contribution is 5.83. The Morgan fingerprint density at radius 2 is 1.07 bits per heavy atom. The highest BCUT2D eigenvalue weighted by Gasteiger charge is 2.65. The number of esters is 2. The first kappa shape index (κ1) is 34.6. The van der Waals surface area contributed by atoms with E-state index < -0.39 is 58.8 Å². The van der Waals surface area contributed by atoms with Crippen molar-refractivity contribution in [2.45, 2.75) is 75.3 Å². The monoisotopic (exact) mass is 602 g/mol. The fourth-order valence-corrected chi connectivity index (χ4v) is 4.15. The molecule has 0 bridgehead atoms. The zero-order chi connectivity index (χ0) is 31.6. The molecule has 0 spiro atoms. The molecule has 230 valence electrons. The Hall–Kier alpha value is -3.56. The summed E-state index contributed by atoms with van der Waals surface area (Å²) < 4.78 is 105. The number of methoxy groups -OCH3 is 2. The van der Waals surface area contributed by atoms with Crippen LogP contribution in [0.5, 0.6) is 0 Å². The number of alkyl halides is 6. The maximum Gasteiger partial charge on any atom is 0.432 e. The number of hydrogen-bond acceptors (Lipinski definition) is 6. The molecule has 0 saturated heterocycles. The maximum absolute atomic E-state index is 14.3. The predicted octanol–water partition coefficient (Wildman–Crippen LogP) is 6.62. The van der Waals surface area contributed by atoms with Crippen molar-refractivity contribution >= 4 is 11.9 Å². The van der Waals surface area contributed by atoms with Gasteiger partial charge in [0.25, 0.3) is 11.2 Å². The van der Waals surface area contributed by atoms with Crippen LogP contribution in [0.2, 0.25) is 0 Å². The second kappa shape index (κ2) is 14.6. The molecule has 6 nitrogen and oxygen atoms in total. The van der Waals surface area contributed by atoms with E-state index in [1.54, 1.807) is 6.92 Å². The van der Waals surface area contributed by atoms with E-state index in [9.17, 15) is 35.9 Å². The third-order valence-corrected chi connectivity index (χ3v) is 6.44. The van der Waals surface area contributed by atoms with E-state index in [0.29, 0.717) is 20.0 Å². The average molecular weight is 603 g/mol. The Morgan fingerprint density at radius 3 is 1.40 bits per heavy atom. The summed E-state index contributed by atoms with van der Waals surface area (Å²) in [5.74, 6) is 1.36. The lowest BCUT2D eigenvalue weighted by Gasteiger charge is -2.33. The molecule has 2 aromatic rings. The van der Waals surface area contributed by atoms with Crippen molar-refractivity contribution in [1.29, 1.82) is 0 Å². The number of benzene rings is 2. The summed E-state index contributed by atoms with van der Waals surface area (Å²) in [7, 11) is 1.43. The van der Waals surface area contributed by atoms with Crippen LogP contribution in [-0.4, -0.2) is 50.7 Å². The van der Waals surface area contributed by atoms with E-state index in [1.165, 1.54) is 43.3 Å². The zero-order valence-electron chi connectivity index (χ0n) is 23.5. The van der Waals surface area contributed by atoms with Gasteiger partial charge in [0, 0.05) is 25.3 Å². The molecule has 0 aliphatic rings. The second-order valence-electron chi connectivity index (χ2n) is 9.13. The largest absolute Gasteiger partial charge is 0.447 e. The standard InChI is InChI=1S/C30H32F6O6/c1-5-7-18-24(42-26(38)28(40-4,30(34,35)36)22-16-12-9-13-17-22)20-19-23(6-2)41-25(37)27(39-3,29(31,32)33)21-14-10-8-11-15-21/h8-17,23-24H,5-7,18H2,1-4H3. The van der Waals surface area contributed by atoms with Crippen molar-refractivity contribution < 1.29 is 54.9 Å². The highest BCUT2D eigenvalue weighted by atomic mass is 19.4. The summed E-state index contributed by atoms with van der Waals surface area (Å²) >= 11 is 0. The first-order chi connectivity index (χ1) is 19.7. The van der Waals surface area contributed by atoms with Crippen LogP contribution < -0.4 is 0 Å². The maximum atomic E-state index is 14.3. The van der Waals surface area contributed by atoms with E-state index in [0.717, 1.165) is 31.4 Å². The normalized spacial score (nSPS) is 16.1. The van der Waals surface area contributed by atoms with Crippen LogP contribution in [0.25, 0.3) is 0 Å². The predicted molar refractivity (Wildman–Crippen MR) is 140 cm³/mol. The molecule has 0 radical (unpaired) electrons. The van der Waals surface area contributed by atoms with Crippen LogP contribution in [0, 0.1) is 11.8 Å². The Labute approximate surface area is 240 Å². The number of unbranched alkanes of at least 4 members (excludes halogenated alkanes) is 1. The summed E-state index contributed by atoms with van der Waals surface area (Å²) in [5.41, 5.74) is -7.96. The Balaban J connectivity index is 2.42. The summed E-state index contributed by atoms with van der Waals surface area (Å²) in [6.45, 7) is 3.26. The van der Waals surface area contributed by atoms with Crippen molar-refractivity contribution in [3.8, 4) is 11.8 Å². The molecule has 2 aromatic carbocycles. The minimum atomic E-state index is -5.22. The van der Waals surface area contributed by atoms with E-state index in [1.807, 2.05) is 0 Å². The molecule has 42 heavy (non-hydrogen) atoms. The van der Waals surface area contributed by atoms with Crippen molar-refractivity contribution in [2.75, 3.05) is 14.2 Å². The van der Waals surface area contributed by atoms with Crippen LogP contribution in [0.3, 0.4) is 0 Å². The molecule has 0 aliphatic carbocycles. The fourth-order valence-electron chi connectivity index (χ4n) is 4.15. The molecule has 0 aliphatic heterocycles. The van der Waals surface area contributed by atoms with Crippen molar-refractivity contribution in [1.82, 2.24) is 0 Å². The van der Waals surface area contributed by atoms with Crippen LogP contribution in [-0.2, 0) is 39.7 Å². The molecular formula is C30H32F6O6. The lowest BCUT2D eigenvalue weighted by molar-refractivity contribution is -0.278. The van der Waals surface area contributed by atoms with Gasteiger partial charge in [-0.25, -0.2) is 9.59 Å². The molecule has 0 aromatic heterocycles. The third-order valence-electron chi connectivity index (χ3n) is 6.44. The van der Waals surface area contributed by atoms with E-state index in [2.05, 4.69) is 11.8 Å². The molecule has 0 N–H and O–H groups in total. The lowest BCUT2D eigenvalue weighted by Crippen LogP contribution is -2.52. The topological polar surface area (TPSA) is 71.1 Å². The minimum Gasteiger partial charge on any atom is -0.447 e. The Kier molecular flexibility index (Phi) is 12.0. The van der Waals surface area contributed by atoms with Gasteiger partial charge in [-0.2, -0.15) is 26.3 Å². The molecule has 12 heteroatoms. The van der Waals surface area contributed by atoms with Crippen LogP contribution in [0.1, 0.15) is 50.7 Å².